The van der Waals surface area contributed by atoms with Gasteiger partial charge in [-0.1, -0.05) is 0 Å². The van der Waals surface area contributed by atoms with Crippen LogP contribution in [0, 0.1) is 5.41 Å². The molecule has 1 unspecified atom stereocenters. The Hall–Kier alpha value is -1.06. The van der Waals surface area contributed by atoms with Crippen molar-refractivity contribution in [2.45, 2.75) is 33.8 Å². The molecule has 12 heavy (non-hydrogen) atoms. The molecule has 0 rings (SSSR count). The first-order valence-electron chi connectivity index (χ1n) is 3.69. The highest BCUT2D eigenvalue weighted by Crippen LogP contribution is 2.23. The van der Waals surface area contributed by atoms with Crippen LogP contribution in [0.3, 0.4) is 0 Å². The van der Waals surface area contributed by atoms with Crippen LogP contribution < -0.4 is 0 Å². The van der Waals surface area contributed by atoms with Gasteiger partial charge >= 0.3 is 11.9 Å². The molecule has 1 atom stereocenters. The van der Waals surface area contributed by atoms with Crippen molar-refractivity contribution in [3.8, 4) is 0 Å². The van der Waals surface area contributed by atoms with Gasteiger partial charge in [-0.25, -0.2) is 0 Å². The number of aliphatic carboxylic acids is 1. The second-order valence-electron chi connectivity index (χ2n) is 3.28. The van der Waals surface area contributed by atoms with Crippen LogP contribution in [0.4, 0.5) is 0 Å². The van der Waals surface area contributed by atoms with Gasteiger partial charge in [-0.2, -0.15) is 0 Å². The van der Waals surface area contributed by atoms with Crippen molar-refractivity contribution in [1.29, 1.82) is 0 Å². The van der Waals surface area contributed by atoms with E-state index in [2.05, 4.69) is 0 Å². The first-order valence-corrected chi connectivity index (χ1v) is 3.69. The Bertz CT molecular complexity index is 195. The maximum atomic E-state index is 10.7. The maximum Gasteiger partial charge on any atom is 0.312 e. The van der Waals surface area contributed by atoms with Crippen LogP contribution in [0.2, 0.25) is 0 Å². The highest BCUT2D eigenvalue weighted by atomic mass is 16.5. The molecule has 0 fully saturated rings. The van der Waals surface area contributed by atoms with E-state index in [0.29, 0.717) is 0 Å². The Morgan fingerprint density at radius 2 is 1.83 bits per heavy atom. The number of carboxylic acid groups (broad SMARTS) is 1. The molecule has 0 heterocycles. The normalized spacial score (nSPS) is 13.7. The first kappa shape index (κ1) is 10.9. The van der Waals surface area contributed by atoms with Gasteiger partial charge in [-0.15, -0.1) is 0 Å². The predicted octanol–water partition coefficient (Wildman–Crippen LogP) is 1.05. The molecule has 0 aliphatic heterocycles. The van der Waals surface area contributed by atoms with Gasteiger partial charge in [0.05, 0.1) is 5.41 Å². The van der Waals surface area contributed by atoms with E-state index < -0.39 is 23.5 Å². The fourth-order valence-corrected chi connectivity index (χ4v) is 0.570. The molecule has 0 radical (unpaired) electrons. The van der Waals surface area contributed by atoms with Crippen LogP contribution in [0.5, 0.6) is 0 Å². The van der Waals surface area contributed by atoms with Crippen molar-refractivity contribution in [2.75, 3.05) is 0 Å². The second kappa shape index (κ2) is 3.56. The number of carbonyl (C=O) groups excluding carboxylic acids is 1. The molecule has 1 N–H and O–H groups in total. The highest BCUT2D eigenvalue weighted by molar-refractivity contribution is 5.75. The molecule has 4 nitrogen and oxygen atoms in total. The van der Waals surface area contributed by atoms with Crippen molar-refractivity contribution < 1.29 is 19.4 Å². The quantitative estimate of drug-likeness (QED) is 0.649. The number of rotatable bonds is 3. The van der Waals surface area contributed by atoms with Gasteiger partial charge < -0.3 is 9.84 Å². The molecule has 0 aromatic heterocycles. The van der Waals surface area contributed by atoms with E-state index in [-0.39, 0.29) is 0 Å². The molecule has 4 heteroatoms. The fraction of sp³-hybridized carbons (Fsp3) is 0.750. The van der Waals surface area contributed by atoms with Crippen LogP contribution in [0.1, 0.15) is 27.7 Å². The van der Waals surface area contributed by atoms with E-state index in [9.17, 15) is 9.59 Å². The minimum atomic E-state index is -1.04. The van der Waals surface area contributed by atoms with Crippen molar-refractivity contribution in [1.82, 2.24) is 0 Å². The summed E-state index contributed by atoms with van der Waals surface area (Å²) in [4.78, 5) is 21.2. The Labute approximate surface area is 71.5 Å². The monoisotopic (exact) mass is 174 g/mol. The summed E-state index contributed by atoms with van der Waals surface area (Å²) < 4.78 is 4.76. The molecule has 0 bridgehead atoms. The van der Waals surface area contributed by atoms with Gasteiger partial charge in [0.15, 0.2) is 0 Å². The zero-order valence-corrected chi connectivity index (χ0v) is 7.75. The summed E-state index contributed by atoms with van der Waals surface area (Å²) in [6.07, 6.45) is -0.618. The lowest BCUT2D eigenvalue weighted by Gasteiger charge is -2.26. The standard InChI is InChI=1S/C8H14O4/c1-5(12-6(2)9)8(3,4)7(10)11/h5H,1-4H3,(H,10,11). The average molecular weight is 174 g/mol. The minimum absolute atomic E-state index is 0.461. The molecular weight excluding hydrogens is 160 g/mol. The Morgan fingerprint density at radius 1 is 1.42 bits per heavy atom. The number of carboxylic acids is 1. The van der Waals surface area contributed by atoms with Crippen LogP contribution >= 0.6 is 0 Å². The van der Waals surface area contributed by atoms with Gasteiger partial charge in [0, 0.05) is 6.92 Å². The third-order valence-corrected chi connectivity index (χ3v) is 1.91. The number of hydrogen-bond acceptors (Lipinski definition) is 3. The van der Waals surface area contributed by atoms with Gasteiger partial charge in [-0.05, 0) is 20.8 Å². The summed E-state index contributed by atoms with van der Waals surface area (Å²) in [5, 5.41) is 8.73. The summed E-state index contributed by atoms with van der Waals surface area (Å²) >= 11 is 0. The van der Waals surface area contributed by atoms with E-state index in [0.717, 1.165) is 0 Å². The topological polar surface area (TPSA) is 63.6 Å². The molecule has 0 amide bonds. The molecule has 0 saturated carbocycles. The Balaban J connectivity index is 4.35. The summed E-state index contributed by atoms with van der Waals surface area (Å²) in [7, 11) is 0. The Morgan fingerprint density at radius 3 is 2.08 bits per heavy atom. The lowest BCUT2D eigenvalue weighted by molar-refractivity contribution is -0.163. The fourth-order valence-electron chi connectivity index (χ4n) is 0.570. The number of esters is 1. The van der Waals surface area contributed by atoms with Crippen molar-refractivity contribution in [3.63, 3.8) is 0 Å². The summed E-state index contributed by atoms with van der Waals surface area (Å²) in [6.45, 7) is 5.86. The summed E-state index contributed by atoms with van der Waals surface area (Å²) in [5.41, 5.74) is -1.04. The summed E-state index contributed by atoms with van der Waals surface area (Å²) in [5.74, 6) is -1.44. The smallest absolute Gasteiger partial charge is 0.312 e. The molecule has 0 spiro atoms. The van der Waals surface area contributed by atoms with E-state index in [1.54, 1.807) is 6.92 Å². The first-order chi connectivity index (χ1) is 5.28. The molecule has 0 aromatic carbocycles. The maximum absolute atomic E-state index is 10.7. The van der Waals surface area contributed by atoms with E-state index in [1.165, 1.54) is 20.8 Å². The van der Waals surface area contributed by atoms with Crippen LogP contribution in [-0.4, -0.2) is 23.1 Å². The molecule has 0 aromatic rings. The molecule has 0 aliphatic carbocycles. The van der Waals surface area contributed by atoms with Crippen molar-refractivity contribution in [2.24, 2.45) is 5.41 Å². The van der Waals surface area contributed by atoms with Gasteiger partial charge in [0.1, 0.15) is 6.10 Å². The SMILES string of the molecule is CC(=O)OC(C)C(C)(C)C(=O)O. The average Bonchev–Trinajstić information content (AvgIpc) is 1.85. The van der Waals surface area contributed by atoms with E-state index >= 15 is 0 Å². The molecule has 0 saturated heterocycles. The number of hydrogen-bond donors (Lipinski definition) is 1. The molecule has 0 aliphatic rings. The molecular formula is C8H14O4. The van der Waals surface area contributed by atoms with Crippen molar-refractivity contribution in [3.05, 3.63) is 0 Å². The summed E-state index contributed by atoms with van der Waals surface area (Å²) in [6, 6.07) is 0. The van der Waals surface area contributed by atoms with E-state index in [4.69, 9.17) is 9.84 Å². The van der Waals surface area contributed by atoms with Crippen LogP contribution in [0.15, 0.2) is 0 Å². The minimum Gasteiger partial charge on any atom is -0.481 e. The van der Waals surface area contributed by atoms with E-state index in [1.807, 2.05) is 0 Å². The third-order valence-electron chi connectivity index (χ3n) is 1.91. The largest absolute Gasteiger partial charge is 0.481 e. The number of carbonyl (C=O) groups is 2. The number of ether oxygens (including phenoxy) is 1. The van der Waals surface area contributed by atoms with Crippen molar-refractivity contribution >= 4 is 11.9 Å². The van der Waals surface area contributed by atoms with Crippen LogP contribution in [-0.2, 0) is 14.3 Å². The highest BCUT2D eigenvalue weighted by Gasteiger charge is 2.35. The second-order valence-corrected chi connectivity index (χ2v) is 3.28. The molecule has 70 valence electrons. The lowest BCUT2D eigenvalue weighted by atomic mass is 9.88. The van der Waals surface area contributed by atoms with Crippen LogP contribution in [0.25, 0.3) is 0 Å². The Kier molecular flexibility index (Phi) is 3.24. The zero-order chi connectivity index (χ0) is 9.94. The third kappa shape index (κ3) is 2.53. The van der Waals surface area contributed by atoms with Gasteiger partial charge in [0.2, 0.25) is 0 Å². The zero-order valence-electron chi connectivity index (χ0n) is 7.75. The van der Waals surface area contributed by atoms with Gasteiger partial charge in [-0.3, -0.25) is 9.59 Å². The predicted molar refractivity (Wildman–Crippen MR) is 42.6 cm³/mol. The van der Waals surface area contributed by atoms with Gasteiger partial charge in [0.25, 0.3) is 0 Å². The lowest BCUT2D eigenvalue weighted by Crippen LogP contribution is -2.37.